The predicted octanol–water partition coefficient (Wildman–Crippen LogP) is 4.52. The van der Waals surface area contributed by atoms with Crippen LogP contribution in [0.2, 0.25) is 0 Å². The van der Waals surface area contributed by atoms with Gasteiger partial charge >= 0.3 is 0 Å². The van der Waals surface area contributed by atoms with Gasteiger partial charge < -0.3 is 5.11 Å². The van der Waals surface area contributed by atoms with Gasteiger partial charge in [-0.3, -0.25) is 0 Å². The predicted molar refractivity (Wildman–Crippen MR) is 73.6 cm³/mol. The molecular weight excluding hydrogens is 228 g/mol. The molecule has 1 aromatic rings. The third-order valence-corrected chi connectivity index (χ3v) is 6.15. The van der Waals surface area contributed by atoms with E-state index in [0.29, 0.717) is 10.5 Å². The molecule has 0 unspecified atom stereocenters. The Morgan fingerprint density at radius 3 is 2.47 bits per heavy atom. The Bertz CT molecular complexity index is 524. The molecule has 17 heavy (non-hydrogen) atoms. The fraction of sp³-hybridized carbons (Fsp3) is 0.467. The Labute approximate surface area is 107 Å². The zero-order valence-electron chi connectivity index (χ0n) is 10.6. The third-order valence-electron chi connectivity index (χ3n) is 4.49. The summed E-state index contributed by atoms with van der Waals surface area (Å²) in [6.45, 7) is 6.50. The molecule has 1 fully saturated rings. The summed E-state index contributed by atoms with van der Waals surface area (Å²) >= 11 is 2.01. The second kappa shape index (κ2) is 3.55. The minimum absolute atomic E-state index is 0.375. The number of hydrogen-bond donors (Lipinski definition) is 1. The summed E-state index contributed by atoms with van der Waals surface area (Å²) in [6.07, 6.45) is 3.96. The van der Waals surface area contributed by atoms with Gasteiger partial charge in [0, 0.05) is 9.64 Å². The Kier molecular flexibility index (Phi) is 2.34. The van der Waals surface area contributed by atoms with E-state index in [1.807, 2.05) is 24.8 Å². The van der Waals surface area contributed by atoms with E-state index in [4.69, 9.17) is 0 Å². The lowest BCUT2D eigenvalue weighted by molar-refractivity contribution is 0.411. The number of phenolic OH excluding ortho intramolecular Hbond substituents is 1. The standard InChI is InChI=1S/C15H18OS/c1-9-11(3)15(7-4-8-15)17-13-6-5-12(16)10(2)14(9)13/h5-6,16H,4,7-8H2,1-3H3. The van der Waals surface area contributed by atoms with Crippen LogP contribution in [0.1, 0.15) is 44.2 Å². The smallest absolute Gasteiger partial charge is 0.119 e. The van der Waals surface area contributed by atoms with Gasteiger partial charge in [-0.2, -0.15) is 0 Å². The first kappa shape index (κ1) is 11.2. The summed E-state index contributed by atoms with van der Waals surface area (Å²) < 4.78 is 0.375. The van der Waals surface area contributed by atoms with Crippen LogP contribution in [0.5, 0.6) is 5.75 Å². The molecule has 1 nitrogen and oxygen atoms in total. The summed E-state index contributed by atoms with van der Waals surface area (Å²) in [6, 6.07) is 3.92. The van der Waals surface area contributed by atoms with Crippen molar-refractivity contribution in [2.75, 3.05) is 0 Å². The molecule has 2 heteroatoms. The highest BCUT2D eigenvalue weighted by Gasteiger charge is 2.43. The number of thioether (sulfide) groups is 1. The average Bonchev–Trinajstić information content (AvgIpc) is 2.26. The summed E-state index contributed by atoms with van der Waals surface area (Å²) in [7, 11) is 0. The maximum atomic E-state index is 9.85. The average molecular weight is 246 g/mol. The molecule has 2 aliphatic rings. The molecule has 1 saturated carbocycles. The maximum Gasteiger partial charge on any atom is 0.119 e. The number of benzene rings is 1. The van der Waals surface area contributed by atoms with Crippen LogP contribution in [-0.4, -0.2) is 9.85 Å². The van der Waals surface area contributed by atoms with Crippen molar-refractivity contribution in [1.82, 2.24) is 0 Å². The van der Waals surface area contributed by atoms with Gasteiger partial charge in [0.25, 0.3) is 0 Å². The van der Waals surface area contributed by atoms with E-state index in [2.05, 4.69) is 19.9 Å². The Morgan fingerprint density at radius 2 is 1.88 bits per heavy atom. The van der Waals surface area contributed by atoms with E-state index < -0.39 is 0 Å². The highest BCUT2D eigenvalue weighted by Crippen LogP contribution is 2.58. The first-order chi connectivity index (χ1) is 8.05. The zero-order chi connectivity index (χ0) is 12.2. The first-order valence-corrected chi connectivity index (χ1v) is 7.07. The summed E-state index contributed by atoms with van der Waals surface area (Å²) in [5.74, 6) is 0.418. The van der Waals surface area contributed by atoms with E-state index >= 15 is 0 Å². The molecule has 0 radical (unpaired) electrons. The number of rotatable bonds is 0. The van der Waals surface area contributed by atoms with Crippen molar-refractivity contribution in [1.29, 1.82) is 0 Å². The molecule has 0 atom stereocenters. The quantitative estimate of drug-likeness (QED) is 0.726. The highest BCUT2D eigenvalue weighted by molar-refractivity contribution is 8.01. The highest BCUT2D eigenvalue weighted by atomic mass is 32.2. The second-order valence-corrected chi connectivity index (χ2v) is 6.71. The van der Waals surface area contributed by atoms with E-state index in [-0.39, 0.29) is 0 Å². The number of phenols is 1. The molecule has 1 heterocycles. The van der Waals surface area contributed by atoms with Crippen LogP contribution in [0.4, 0.5) is 0 Å². The minimum Gasteiger partial charge on any atom is -0.508 e. The molecule has 1 N–H and O–H groups in total. The Morgan fingerprint density at radius 1 is 1.18 bits per heavy atom. The van der Waals surface area contributed by atoms with E-state index in [1.165, 1.54) is 40.9 Å². The third kappa shape index (κ3) is 1.40. The normalized spacial score (nSPS) is 21.4. The Balaban J connectivity index is 2.22. The number of hydrogen-bond acceptors (Lipinski definition) is 2. The lowest BCUT2D eigenvalue weighted by Crippen LogP contribution is -2.36. The molecule has 90 valence electrons. The molecule has 0 aromatic heterocycles. The molecule has 0 amide bonds. The van der Waals surface area contributed by atoms with Gasteiger partial charge in [-0.15, -0.1) is 11.8 Å². The van der Waals surface area contributed by atoms with Crippen LogP contribution < -0.4 is 0 Å². The number of aromatic hydroxyl groups is 1. The molecule has 1 aliphatic heterocycles. The van der Waals surface area contributed by atoms with Gasteiger partial charge in [-0.25, -0.2) is 0 Å². The van der Waals surface area contributed by atoms with Crippen LogP contribution in [0.3, 0.4) is 0 Å². The van der Waals surface area contributed by atoms with Gasteiger partial charge in [0.05, 0.1) is 0 Å². The van der Waals surface area contributed by atoms with Crippen LogP contribution in [0.15, 0.2) is 22.6 Å². The van der Waals surface area contributed by atoms with Crippen molar-refractivity contribution < 1.29 is 5.11 Å². The monoisotopic (exact) mass is 246 g/mol. The van der Waals surface area contributed by atoms with Gasteiger partial charge in [0.15, 0.2) is 0 Å². The number of allylic oxidation sites excluding steroid dienone is 1. The fourth-order valence-corrected chi connectivity index (χ4v) is 4.78. The van der Waals surface area contributed by atoms with Crippen molar-refractivity contribution in [2.45, 2.75) is 49.7 Å². The molecule has 0 saturated heterocycles. The van der Waals surface area contributed by atoms with Crippen molar-refractivity contribution in [2.24, 2.45) is 0 Å². The molecule has 0 bridgehead atoms. The van der Waals surface area contributed by atoms with Crippen molar-refractivity contribution in [3.05, 3.63) is 28.8 Å². The second-order valence-electron chi connectivity index (χ2n) is 5.28. The van der Waals surface area contributed by atoms with E-state index in [1.54, 1.807) is 0 Å². The zero-order valence-corrected chi connectivity index (χ0v) is 11.4. The minimum atomic E-state index is 0.375. The number of fused-ring (bicyclic) bond motifs is 1. The van der Waals surface area contributed by atoms with E-state index in [9.17, 15) is 5.11 Å². The van der Waals surface area contributed by atoms with Crippen molar-refractivity contribution >= 4 is 17.3 Å². The first-order valence-electron chi connectivity index (χ1n) is 6.25. The van der Waals surface area contributed by atoms with Gasteiger partial charge in [-0.1, -0.05) is 12.0 Å². The summed E-state index contributed by atoms with van der Waals surface area (Å²) in [5.41, 5.74) is 5.20. The van der Waals surface area contributed by atoms with Crippen LogP contribution in [0.25, 0.3) is 5.57 Å². The lowest BCUT2D eigenvalue weighted by Gasteiger charge is -2.46. The maximum absolute atomic E-state index is 9.85. The topological polar surface area (TPSA) is 20.2 Å². The Hall–Kier alpha value is -0.890. The molecular formula is C15H18OS. The summed E-state index contributed by atoms with van der Waals surface area (Å²) in [5, 5.41) is 9.85. The fourth-order valence-electron chi connectivity index (χ4n) is 3.02. The molecule has 3 rings (SSSR count). The van der Waals surface area contributed by atoms with Crippen molar-refractivity contribution in [3.8, 4) is 5.75 Å². The SMILES string of the molecule is CC1=C(C)C2(CCC2)Sc2ccc(O)c(C)c21. The van der Waals surface area contributed by atoms with Gasteiger partial charge in [0.2, 0.25) is 0 Å². The van der Waals surface area contributed by atoms with Crippen LogP contribution in [-0.2, 0) is 0 Å². The molecule has 1 spiro atoms. The molecule has 1 aromatic carbocycles. The lowest BCUT2D eigenvalue weighted by atomic mass is 9.76. The van der Waals surface area contributed by atoms with Crippen LogP contribution >= 0.6 is 11.8 Å². The van der Waals surface area contributed by atoms with E-state index in [0.717, 1.165) is 5.56 Å². The van der Waals surface area contributed by atoms with Crippen molar-refractivity contribution in [3.63, 3.8) is 0 Å². The molecule has 1 aliphatic carbocycles. The van der Waals surface area contributed by atoms with Crippen LogP contribution in [0, 0.1) is 6.92 Å². The van der Waals surface area contributed by atoms with Gasteiger partial charge in [0.1, 0.15) is 5.75 Å². The summed E-state index contributed by atoms with van der Waals surface area (Å²) in [4.78, 5) is 1.35. The van der Waals surface area contributed by atoms with Gasteiger partial charge in [-0.05, 0) is 62.4 Å². The largest absolute Gasteiger partial charge is 0.508 e.